The molecule has 128 valence electrons. The van der Waals surface area contributed by atoms with Crippen LogP contribution in [0.5, 0.6) is 0 Å². The third-order valence-electron chi connectivity index (χ3n) is 3.47. The monoisotopic (exact) mass is 340 g/mol. The van der Waals surface area contributed by atoms with E-state index in [1.807, 2.05) is 0 Å². The molecule has 0 aromatic heterocycles. The summed E-state index contributed by atoms with van der Waals surface area (Å²) >= 11 is 0. The van der Waals surface area contributed by atoms with Gasteiger partial charge in [-0.2, -0.15) is 0 Å². The molecule has 1 atom stereocenters. The highest BCUT2D eigenvalue weighted by Crippen LogP contribution is 2.22. The van der Waals surface area contributed by atoms with Gasteiger partial charge < -0.3 is 5.32 Å². The molecule has 0 aliphatic carbocycles. The minimum Gasteiger partial charge on any atom is -0.350 e. The van der Waals surface area contributed by atoms with Gasteiger partial charge in [0.1, 0.15) is 11.9 Å². The number of halogens is 4. The summed E-state index contributed by atoms with van der Waals surface area (Å²) in [7, 11) is 3.21. The van der Waals surface area contributed by atoms with Gasteiger partial charge in [-0.1, -0.05) is 18.2 Å². The lowest BCUT2D eigenvalue weighted by atomic mass is 10.0. The zero-order valence-electron chi connectivity index (χ0n) is 13.1. The van der Waals surface area contributed by atoms with Crippen LogP contribution in [0.25, 0.3) is 0 Å². The minimum atomic E-state index is -1.57. The van der Waals surface area contributed by atoms with E-state index in [2.05, 4.69) is 5.32 Å². The van der Waals surface area contributed by atoms with Crippen LogP contribution >= 0.6 is 0 Å². The van der Waals surface area contributed by atoms with Gasteiger partial charge in [0.2, 0.25) is 5.91 Å². The molecule has 2 aromatic carbocycles. The fourth-order valence-corrected chi connectivity index (χ4v) is 2.35. The van der Waals surface area contributed by atoms with E-state index in [4.69, 9.17) is 0 Å². The molecule has 0 bridgehead atoms. The second-order valence-electron chi connectivity index (χ2n) is 5.48. The smallest absolute Gasteiger partial charge is 0.242 e. The first-order valence-electron chi connectivity index (χ1n) is 7.13. The van der Waals surface area contributed by atoms with Crippen LogP contribution in [0.1, 0.15) is 17.2 Å². The summed E-state index contributed by atoms with van der Waals surface area (Å²) in [5.41, 5.74) is 0.238. The van der Waals surface area contributed by atoms with E-state index in [-0.39, 0.29) is 17.7 Å². The van der Waals surface area contributed by atoms with Crippen molar-refractivity contribution in [2.45, 2.75) is 12.6 Å². The van der Waals surface area contributed by atoms with Crippen molar-refractivity contribution < 1.29 is 22.4 Å². The van der Waals surface area contributed by atoms with Crippen LogP contribution in [-0.4, -0.2) is 24.9 Å². The van der Waals surface area contributed by atoms with Gasteiger partial charge in [0.05, 0.1) is 0 Å². The lowest BCUT2D eigenvalue weighted by Crippen LogP contribution is -2.37. The lowest BCUT2D eigenvalue weighted by Gasteiger charge is -2.24. The van der Waals surface area contributed by atoms with E-state index in [9.17, 15) is 22.4 Å². The van der Waals surface area contributed by atoms with E-state index in [1.54, 1.807) is 20.2 Å². The molecule has 1 unspecified atom stereocenters. The second kappa shape index (κ2) is 7.44. The Labute approximate surface area is 136 Å². The van der Waals surface area contributed by atoms with Gasteiger partial charge >= 0.3 is 0 Å². The molecule has 3 nitrogen and oxygen atoms in total. The molecular weight excluding hydrogens is 324 g/mol. The van der Waals surface area contributed by atoms with Crippen LogP contribution in [0.15, 0.2) is 36.4 Å². The average Bonchev–Trinajstić information content (AvgIpc) is 2.52. The van der Waals surface area contributed by atoms with Crippen LogP contribution in [0, 0.1) is 23.3 Å². The Bertz CT molecular complexity index is 726. The summed E-state index contributed by atoms with van der Waals surface area (Å²) in [5, 5.41) is 2.48. The van der Waals surface area contributed by atoms with Crippen LogP contribution in [0.3, 0.4) is 0 Å². The van der Waals surface area contributed by atoms with Gasteiger partial charge in [-0.25, -0.2) is 17.6 Å². The first-order chi connectivity index (χ1) is 11.3. The lowest BCUT2D eigenvalue weighted by molar-refractivity contribution is -0.126. The number of nitrogens with one attached hydrogen (secondary N) is 1. The predicted octanol–water partition coefficient (Wildman–Crippen LogP) is 3.16. The van der Waals surface area contributed by atoms with E-state index in [0.29, 0.717) is 0 Å². The molecule has 2 aromatic rings. The van der Waals surface area contributed by atoms with Crippen molar-refractivity contribution in [3.8, 4) is 0 Å². The molecule has 0 heterocycles. The van der Waals surface area contributed by atoms with Crippen molar-refractivity contribution in [2.24, 2.45) is 0 Å². The number of carbonyl (C=O) groups is 1. The van der Waals surface area contributed by atoms with Crippen LogP contribution in [-0.2, 0) is 11.3 Å². The van der Waals surface area contributed by atoms with Crippen LogP contribution in [0.4, 0.5) is 17.6 Å². The zero-order chi connectivity index (χ0) is 17.9. The molecule has 7 heteroatoms. The first kappa shape index (κ1) is 17.9. The molecule has 24 heavy (non-hydrogen) atoms. The predicted molar refractivity (Wildman–Crippen MR) is 81.0 cm³/mol. The summed E-state index contributed by atoms with van der Waals surface area (Å²) in [6.45, 7) is -0.217. The number of carbonyl (C=O) groups excluding carboxylic acids is 1. The highest BCUT2D eigenvalue weighted by Gasteiger charge is 2.25. The Kier molecular flexibility index (Phi) is 5.56. The Morgan fingerprint density at radius 2 is 1.62 bits per heavy atom. The maximum Gasteiger partial charge on any atom is 0.242 e. The van der Waals surface area contributed by atoms with Gasteiger partial charge in [-0.05, 0) is 37.9 Å². The maximum atomic E-state index is 13.9. The van der Waals surface area contributed by atoms with Crippen molar-refractivity contribution in [3.63, 3.8) is 0 Å². The number of hydrogen-bond donors (Lipinski definition) is 1. The zero-order valence-corrected chi connectivity index (χ0v) is 13.1. The summed E-state index contributed by atoms with van der Waals surface area (Å²) in [6.07, 6.45) is 0. The Balaban J connectivity index is 2.16. The molecule has 1 amide bonds. The summed E-state index contributed by atoms with van der Waals surface area (Å²) in [5.74, 6) is -5.32. The topological polar surface area (TPSA) is 32.3 Å². The van der Waals surface area contributed by atoms with Crippen molar-refractivity contribution in [1.29, 1.82) is 0 Å². The largest absolute Gasteiger partial charge is 0.350 e. The van der Waals surface area contributed by atoms with Gasteiger partial charge in [0, 0.05) is 12.1 Å². The summed E-state index contributed by atoms with van der Waals surface area (Å²) in [6, 6.07) is 6.52. The van der Waals surface area contributed by atoms with Crippen molar-refractivity contribution >= 4 is 5.91 Å². The van der Waals surface area contributed by atoms with E-state index >= 15 is 0 Å². The number of nitrogens with zero attached hydrogens (tertiary/aromatic N) is 1. The Hall–Kier alpha value is -2.41. The molecular formula is C17H16F4N2O. The number of amides is 1. The standard InChI is InChI=1S/C17H16F4N2O/c1-23(2)16(11-5-3-4-6-12(11)18)17(24)22-9-10-7-13(19)15(21)14(20)8-10/h3-8,16H,9H2,1-2H3,(H,22,24). The normalized spacial score (nSPS) is 12.3. The second-order valence-corrected chi connectivity index (χ2v) is 5.48. The molecule has 0 fully saturated rings. The quantitative estimate of drug-likeness (QED) is 0.670. The van der Waals surface area contributed by atoms with Crippen molar-refractivity contribution in [2.75, 3.05) is 14.1 Å². The Morgan fingerprint density at radius 3 is 2.17 bits per heavy atom. The maximum absolute atomic E-state index is 13.9. The molecule has 0 saturated carbocycles. The average molecular weight is 340 g/mol. The highest BCUT2D eigenvalue weighted by molar-refractivity contribution is 5.83. The van der Waals surface area contributed by atoms with E-state index < -0.39 is 35.2 Å². The van der Waals surface area contributed by atoms with Gasteiger partial charge in [0.15, 0.2) is 17.5 Å². The van der Waals surface area contributed by atoms with Crippen LogP contribution in [0.2, 0.25) is 0 Å². The summed E-state index contributed by atoms with van der Waals surface area (Å²) in [4.78, 5) is 13.9. The highest BCUT2D eigenvalue weighted by atomic mass is 19.2. The van der Waals surface area contributed by atoms with Crippen LogP contribution < -0.4 is 5.32 Å². The molecule has 2 rings (SSSR count). The van der Waals surface area contributed by atoms with E-state index in [0.717, 1.165) is 12.1 Å². The van der Waals surface area contributed by atoms with Gasteiger partial charge in [-0.3, -0.25) is 9.69 Å². The fraction of sp³-hybridized carbons (Fsp3) is 0.235. The number of benzene rings is 2. The number of rotatable bonds is 5. The van der Waals surface area contributed by atoms with Gasteiger partial charge in [0.25, 0.3) is 0 Å². The molecule has 0 saturated heterocycles. The third-order valence-corrected chi connectivity index (χ3v) is 3.47. The first-order valence-corrected chi connectivity index (χ1v) is 7.13. The summed E-state index contributed by atoms with van der Waals surface area (Å²) < 4.78 is 53.2. The molecule has 0 radical (unpaired) electrons. The number of hydrogen-bond acceptors (Lipinski definition) is 2. The molecule has 1 N–H and O–H groups in total. The molecule has 0 spiro atoms. The molecule has 0 aliphatic heterocycles. The molecule has 0 aliphatic rings. The number of likely N-dealkylation sites (N-methyl/N-ethyl adjacent to an activating group) is 1. The van der Waals surface area contributed by atoms with E-state index in [1.165, 1.54) is 23.1 Å². The SMILES string of the molecule is CN(C)C(C(=O)NCc1cc(F)c(F)c(F)c1)c1ccccc1F. The van der Waals surface area contributed by atoms with Gasteiger partial charge in [-0.15, -0.1) is 0 Å². The third kappa shape index (κ3) is 3.91. The van der Waals surface area contributed by atoms with Crippen molar-refractivity contribution in [1.82, 2.24) is 10.2 Å². The van der Waals surface area contributed by atoms with Crippen molar-refractivity contribution in [3.05, 3.63) is 70.8 Å². The Morgan fingerprint density at radius 1 is 1.04 bits per heavy atom. The fourth-order valence-electron chi connectivity index (χ4n) is 2.35. The minimum absolute atomic E-state index is 0.0609.